The topological polar surface area (TPSA) is 108 Å². The maximum absolute atomic E-state index is 13.6. The lowest BCUT2D eigenvalue weighted by molar-refractivity contribution is -0.143. The molecule has 0 aliphatic carbocycles. The summed E-state index contributed by atoms with van der Waals surface area (Å²) in [5, 5.41) is 14.4. The second-order valence-corrected chi connectivity index (χ2v) is 8.92. The van der Waals surface area contributed by atoms with E-state index >= 15 is 0 Å². The number of aromatic nitrogens is 6. The molecule has 0 bridgehead atoms. The monoisotopic (exact) mass is 484 g/mol. The first kappa shape index (κ1) is 23.5. The van der Waals surface area contributed by atoms with Gasteiger partial charge in [-0.15, -0.1) is 10.2 Å². The van der Waals surface area contributed by atoms with Crippen LogP contribution in [0, 0.1) is 0 Å². The van der Waals surface area contributed by atoms with E-state index in [2.05, 4.69) is 27.5 Å². The number of nitrogens with one attached hydrogen (secondary N) is 1. The number of fused-ring (bicyclic) bond motifs is 1. The van der Waals surface area contributed by atoms with Crippen LogP contribution in [0.1, 0.15) is 49.2 Å². The van der Waals surface area contributed by atoms with Gasteiger partial charge in [0.05, 0.1) is 13.2 Å². The Balaban J connectivity index is 1.51. The predicted octanol–water partition coefficient (Wildman–Crippen LogP) is 3.89. The summed E-state index contributed by atoms with van der Waals surface area (Å²) in [5.41, 5.74) is 5.47. The fraction of sp³-hybridized carbons (Fsp3) is 0.296. The molecule has 36 heavy (non-hydrogen) atoms. The molecule has 5 rings (SSSR count). The van der Waals surface area contributed by atoms with E-state index in [0.29, 0.717) is 12.2 Å². The number of methoxy groups -OCH3 is 1. The molecule has 1 N–H and O–H groups in total. The summed E-state index contributed by atoms with van der Waals surface area (Å²) in [7, 11) is 1.35. The first-order valence-corrected chi connectivity index (χ1v) is 12.1. The van der Waals surface area contributed by atoms with Gasteiger partial charge in [-0.2, -0.15) is 5.21 Å². The number of H-pyrrole nitrogens is 1. The summed E-state index contributed by atoms with van der Waals surface area (Å²) in [4.78, 5) is 26.1. The van der Waals surface area contributed by atoms with Gasteiger partial charge < -0.3 is 4.74 Å². The van der Waals surface area contributed by atoms with Crippen molar-refractivity contribution < 1.29 is 9.53 Å². The maximum Gasteiger partial charge on any atom is 0.334 e. The molecule has 1 aliphatic heterocycles. The summed E-state index contributed by atoms with van der Waals surface area (Å²) >= 11 is 0. The number of carbonyl (C=O) groups is 1. The van der Waals surface area contributed by atoms with Crippen molar-refractivity contribution in [2.24, 2.45) is 0 Å². The van der Waals surface area contributed by atoms with E-state index < -0.39 is 12.0 Å². The van der Waals surface area contributed by atoms with Crippen LogP contribution in [0.4, 0.5) is 0 Å². The molecule has 9 nitrogen and oxygen atoms in total. The van der Waals surface area contributed by atoms with Crippen LogP contribution >= 0.6 is 0 Å². The highest BCUT2D eigenvalue weighted by Crippen LogP contribution is 2.31. The number of carbonyl (C=O) groups excluding carboxylic acids is 1. The fourth-order valence-corrected chi connectivity index (χ4v) is 4.95. The number of ether oxygens (including phenoxy) is 1. The molecule has 2 aromatic carbocycles. The van der Waals surface area contributed by atoms with Crippen molar-refractivity contribution in [2.75, 3.05) is 7.11 Å². The van der Waals surface area contributed by atoms with Crippen LogP contribution in [0.2, 0.25) is 0 Å². The molecule has 0 saturated carbocycles. The third-order valence-corrected chi connectivity index (χ3v) is 6.63. The number of allylic oxidation sites excluding steroid dienone is 1. The van der Waals surface area contributed by atoms with E-state index in [4.69, 9.17) is 4.74 Å². The molecule has 3 heterocycles. The lowest BCUT2D eigenvalue weighted by Crippen LogP contribution is -2.36. The minimum Gasteiger partial charge on any atom is -0.467 e. The number of benzene rings is 2. The quantitative estimate of drug-likeness (QED) is 0.315. The Bertz CT molecular complexity index is 1460. The Hall–Kier alpha value is -4.27. The van der Waals surface area contributed by atoms with Crippen molar-refractivity contribution in [3.63, 3.8) is 0 Å². The lowest BCUT2D eigenvalue weighted by Gasteiger charge is -2.26. The van der Waals surface area contributed by atoms with E-state index in [1.807, 2.05) is 66.2 Å². The number of nitrogens with zero attached hydrogens (tertiary/aromatic N) is 5. The molecule has 0 radical (unpaired) electrons. The fourth-order valence-electron chi connectivity index (χ4n) is 4.95. The highest BCUT2D eigenvalue weighted by Gasteiger charge is 2.32. The lowest BCUT2D eigenvalue weighted by atomic mass is 9.96. The summed E-state index contributed by atoms with van der Waals surface area (Å²) in [5.74, 6) is 0.0902. The third-order valence-electron chi connectivity index (χ3n) is 6.63. The third kappa shape index (κ3) is 4.06. The Morgan fingerprint density at radius 1 is 1.06 bits per heavy atom. The molecule has 2 atom stereocenters. The van der Waals surface area contributed by atoms with Gasteiger partial charge in [0, 0.05) is 23.2 Å². The van der Waals surface area contributed by atoms with Crippen molar-refractivity contribution in [1.29, 1.82) is 0 Å². The molecule has 2 unspecified atom stereocenters. The second kappa shape index (κ2) is 9.77. The first-order chi connectivity index (χ1) is 17.5. The van der Waals surface area contributed by atoms with Crippen LogP contribution in [0.15, 0.2) is 65.5 Å². The average molecular weight is 485 g/mol. The maximum atomic E-state index is 13.6. The molecule has 0 spiro atoms. The van der Waals surface area contributed by atoms with Crippen LogP contribution in [0.5, 0.6) is 0 Å². The van der Waals surface area contributed by atoms with Crippen LogP contribution in [-0.4, -0.2) is 43.1 Å². The predicted molar refractivity (Wildman–Crippen MR) is 135 cm³/mol. The van der Waals surface area contributed by atoms with Crippen molar-refractivity contribution in [3.8, 4) is 22.5 Å². The molecule has 0 saturated heterocycles. The smallest absolute Gasteiger partial charge is 0.334 e. The molecule has 0 fully saturated rings. The second-order valence-electron chi connectivity index (χ2n) is 8.92. The molecule has 0 amide bonds. The van der Waals surface area contributed by atoms with Gasteiger partial charge >= 0.3 is 5.97 Å². The molecule has 9 heteroatoms. The van der Waals surface area contributed by atoms with Gasteiger partial charge in [-0.1, -0.05) is 74.0 Å². The van der Waals surface area contributed by atoms with E-state index in [0.717, 1.165) is 46.4 Å². The molecular formula is C27H28N6O3. The van der Waals surface area contributed by atoms with Crippen molar-refractivity contribution >= 4 is 5.97 Å². The Morgan fingerprint density at radius 3 is 2.47 bits per heavy atom. The van der Waals surface area contributed by atoms with Crippen LogP contribution in [0.25, 0.3) is 22.5 Å². The van der Waals surface area contributed by atoms with Gasteiger partial charge in [-0.25, -0.2) is 9.48 Å². The first-order valence-electron chi connectivity index (χ1n) is 12.1. The standard InChI is InChI=1S/C27H28N6O3/c1-4-7-23-22(26(34)33-24(27(35)36-3)15-10-17(2)32(23)33)16-18-11-13-19(14-12-18)20-8-5-6-9-21(20)25-28-30-31-29-25/h5-6,8-15,17,24H,4,7,16H2,1-3H3,(H,28,29,30,31). The summed E-state index contributed by atoms with van der Waals surface area (Å²) < 4.78 is 8.51. The van der Waals surface area contributed by atoms with Crippen molar-refractivity contribution in [3.05, 3.63) is 87.9 Å². The Labute approximate surface area is 208 Å². The highest BCUT2D eigenvalue weighted by atomic mass is 16.5. The minimum atomic E-state index is -0.757. The van der Waals surface area contributed by atoms with Gasteiger partial charge in [0.15, 0.2) is 6.04 Å². The summed E-state index contributed by atoms with van der Waals surface area (Å²) in [6.45, 7) is 4.12. The normalized spacial score (nSPS) is 16.6. The van der Waals surface area contributed by atoms with E-state index in [1.165, 1.54) is 7.11 Å². The van der Waals surface area contributed by atoms with Crippen molar-refractivity contribution in [2.45, 2.75) is 45.2 Å². The Morgan fingerprint density at radius 2 is 1.81 bits per heavy atom. The molecule has 4 aromatic rings. The van der Waals surface area contributed by atoms with Gasteiger partial charge in [-0.05, 0) is 35.2 Å². The summed E-state index contributed by atoms with van der Waals surface area (Å²) in [6, 6.07) is 15.3. The van der Waals surface area contributed by atoms with Gasteiger partial charge in [0.1, 0.15) is 0 Å². The number of hydrogen-bond donors (Lipinski definition) is 1. The number of aromatic amines is 1. The van der Waals surface area contributed by atoms with Crippen molar-refractivity contribution in [1.82, 2.24) is 30.0 Å². The zero-order valence-electron chi connectivity index (χ0n) is 20.5. The van der Waals surface area contributed by atoms with Crippen LogP contribution < -0.4 is 5.56 Å². The minimum absolute atomic E-state index is 0.0297. The largest absolute Gasteiger partial charge is 0.467 e. The molecule has 184 valence electrons. The van der Waals surface area contributed by atoms with E-state index in [-0.39, 0.29) is 11.6 Å². The van der Waals surface area contributed by atoms with E-state index in [9.17, 15) is 9.59 Å². The molecular weight excluding hydrogens is 456 g/mol. The van der Waals surface area contributed by atoms with Gasteiger partial charge in [-0.3, -0.25) is 9.48 Å². The zero-order chi connectivity index (χ0) is 25.2. The zero-order valence-corrected chi connectivity index (χ0v) is 20.5. The number of tetrazole rings is 1. The molecule has 1 aliphatic rings. The SMILES string of the molecule is CCCc1c(Cc2ccc(-c3ccccc3-c3nn[nH]n3)cc2)c(=O)n2n1C(C)C=CC2C(=O)OC. The Kier molecular flexibility index (Phi) is 6.37. The summed E-state index contributed by atoms with van der Waals surface area (Å²) in [6.07, 6.45) is 5.84. The van der Waals surface area contributed by atoms with Crippen LogP contribution in [0.3, 0.4) is 0 Å². The number of hydrogen-bond acceptors (Lipinski definition) is 6. The molecule has 2 aromatic heterocycles. The highest BCUT2D eigenvalue weighted by molar-refractivity contribution is 5.80. The number of rotatable bonds is 7. The van der Waals surface area contributed by atoms with E-state index in [1.54, 1.807) is 10.8 Å². The van der Waals surface area contributed by atoms with Gasteiger partial charge in [0.25, 0.3) is 5.56 Å². The average Bonchev–Trinajstić information content (AvgIpc) is 3.53. The number of esters is 1. The van der Waals surface area contributed by atoms with Gasteiger partial charge in [0.2, 0.25) is 5.82 Å². The van der Waals surface area contributed by atoms with Crippen LogP contribution in [-0.2, 0) is 22.4 Å².